The van der Waals surface area contributed by atoms with E-state index in [0.29, 0.717) is 23.0 Å². The molecule has 138 valence electrons. The number of carbonyl (C=O) groups is 2. The molecule has 2 heterocycles. The molecular formula is C21H19FN2O3. The largest absolute Gasteiger partial charge is 0.455 e. The number of nitrogens with one attached hydrogen (secondary N) is 1. The van der Waals surface area contributed by atoms with E-state index in [1.165, 1.54) is 13.1 Å². The lowest BCUT2D eigenvalue weighted by molar-refractivity contribution is 0.0961. The Hall–Kier alpha value is -3.15. The minimum Gasteiger partial charge on any atom is -0.455 e. The Bertz CT molecular complexity index is 1070. The first-order chi connectivity index (χ1) is 13.0. The number of Topliss-reactive ketones (excluding diaryl/α,β-unsaturated/α-hetero) is 1. The van der Waals surface area contributed by atoms with Crippen molar-refractivity contribution in [1.82, 2.24) is 5.32 Å². The second kappa shape index (κ2) is 6.54. The Balaban J connectivity index is 2.05. The topological polar surface area (TPSA) is 62.6 Å². The Morgan fingerprint density at radius 3 is 2.74 bits per heavy atom. The maximum absolute atomic E-state index is 14.4. The zero-order chi connectivity index (χ0) is 19.1. The summed E-state index contributed by atoms with van der Waals surface area (Å²) in [5.74, 6) is -0.664. The zero-order valence-electron chi connectivity index (χ0n) is 15.1. The van der Waals surface area contributed by atoms with Gasteiger partial charge in [-0.15, -0.1) is 0 Å². The summed E-state index contributed by atoms with van der Waals surface area (Å²) in [4.78, 5) is 27.1. The Kier molecular flexibility index (Phi) is 4.18. The summed E-state index contributed by atoms with van der Waals surface area (Å²) in [5.41, 5.74) is 2.23. The van der Waals surface area contributed by atoms with Gasteiger partial charge in [0.25, 0.3) is 5.91 Å². The van der Waals surface area contributed by atoms with Gasteiger partial charge >= 0.3 is 0 Å². The van der Waals surface area contributed by atoms with E-state index in [-0.39, 0.29) is 28.6 Å². The lowest BCUT2D eigenvalue weighted by Gasteiger charge is -2.18. The number of hydrogen-bond acceptors (Lipinski definition) is 4. The van der Waals surface area contributed by atoms with Crippen LogP contribution in [0.25, 0.3) is 22.3 Å². The van der Waals surface area contributed by atoms with Gasteiger partial charge in [0.05, 0.1) is 16.8 Å². The highest BCUT2D eigenvalue weighted by molar-refractivity contribution is 6.14. The fourth-order valence-corrected chi connectivity index (χ4v) is 3.59. The molecule has 1 N–H and O–H groups in total. The minimum atomic E-state index is -0.475. The maximum Gasteiger partial charge on any atom is 0.255 e. The highest BCUT2D eigenvalue weighted by Crippen LogP contribution is 2.39. The number of nitrogens with zero attached hydrogens (tertiary/aromatic N) is 1. The van der Waals surface area contributed by atoms with E-state index in [1.807, 2.05) is 11.9 Å². The molecule has 0 bridgehead atoms. The molecule has 1 aromatic heterocycles. The van der Waals surface area contributed by atoms with Gasteiger partial charge in [-0.2, -0.15) is 0 Å². The lowest BCUT2D eigenvalue weighted by atomic mass is 9.99. The van der Waals surface area contributed by atoms with E-state index in [0.717, 1.165) is 18.7 Å². The van der Waals surface area contributed by atoms with E-state index in [9.17, 15) is 14.0 Å². The number of carbonyl (C=O) groups excluding carboxylic acids is 2. The highest BCUT2D eigenvalue weighted by Gasteiger charge is 2.27. The second-order valence-corrected chi connectivity index (χ2v) is 6.68. The smallest absolute Gasteiger partial charge is 0.255 e. The number of benzene rings is 2. The van der Waals surface area contributed by atoms with Gasteiger partial charge in [0.15, 0.2) is 11.5 Å². The van der Waals surface area contributed by atoms with E-state index >= 15 is 0 Å². The van der Waals surface area contributed by atoms with Gasteiger partial charge in [-0.05, 0) is 24.6 Å². The number of ketones is 1. The number of hydrogen-bond donors (Lipinski definition) is 1. The molecule has 1 aliphatic heterocycles. The molecule has 4 rings (SSSR count). The Morgan fingerprint density at radius 2 is 2.00 bits per heavy atom. The van der Waals surface area contributed by atoms with Crippen LogP contribution in [-0.2, 0) is 0 Å². The van der Waals surface area contributed by atoms with Crippen LogP contribution in [0.3, 0.4) is 0 Å². The van der Waals surface area contributed by atoms with Crippen molar-refractivity contribution in [1.29, 1.82) is 0 Å². The SMILES string of the molecule is CNC(=O)c1c(-c2ccccc2F)oc2cc3c(cc12)C(=O)CCCN3C. The first-order valence-corrected chi connectivity index (χ1v) is 8.83. The van der Waals surface area contributed by atoms with E-state index in [1.54, 1.807) is 30.3 Å². The molecule has 0 radical (unpaired) electrons. The minimum absolute atomic E-state index is 0.0350. The van der Waals surface area contributed by atoms with Crippen molar-refractivity contribution in [3.63, 3.8) is 0 Å². The normalized spacial score (nSPS) is 14.2. The lowest BCUT2D eigenvalue weighted by Crippen LogP contribution is -2.19. The summed E-state index contributed by atoms with van der Waals surface area (Å²) in [7, 11) is 3.43. The third kappa shape index (κ3) is 2.77. The molecule has 3 aromatic rings. The summed E-state index contributed by atoms with van der Waals surface area (Å²) in [6.45, 7) is 0.757. The average molecular weight is 366 g/mol. The second-order valence-electron chi connectivity index (χ2n) is 6.68. The van der Waals surface area contributed by atoms with Gasteiger partial charge < -0.3 is 14.6 Å². The quantitative estimate of drug-likeness (QED) is 0.744. The van der Waals surface area contributed by atoms with Gasteiger partial charge in [-0.25, -0.2) is 4.39 Å². The van der Waals surface area contributed by atoms with Crippen LogP contribution in [0, 0.1) is 5.82 Å². The van der Waals surface area contributed by atoms with Crippen molar-refractivity contribution in [2.24, 2.45) is 0 Å². The third-order valence-corrected chi connectivity index (χ3v) is 4.99. The maximum atomic E-state index is 14.4. The summed E-state index contributed by atoms with van der Waals surface area (Å²) in [5, 5.41) is 3.09. The molecule has 0 saturated heterocycles. The van der Waals surface area contributed by atoms with Crippen LogP contribution >= 0.6 is 0 Å². The molecule has 5 nitrogen and oxygen atoms in total. The van der Waals surface area contributed by atoms with Crippen LogP contribution in [0.4, 0.5) is 10.1 Å². The molecule has 6 heteroatoms. The van der Waals surface area contributed by atoms with Gasteiger partial charge in [0, 0.05) is 44.1 Å². The van der Waals surface area contributed by atoms with Crippen LogP contribution in [-0.4, -0.2) is 32.3 Å². The van der Waals surface area contributed by atoms with Crippen LogP contribution in [0.2, 0.25) is 0 Å². The van der Waals surface area contributed by atoms with Crippen molar-refractivity contribution in [2.45, 2.75) is 12.8 Å². The molecule has 27 heavy (non-hydrogen) atoms. The Labute approximate surface area is 155 Å². The zero-order valence-corrected chi connectivity index (χ0v) is 15.1. The average Bonchev–Trinajstić information content (AvgIpc) is 2.98. The molecule has 0 saturated carbocycles. The molecule has 1 aliphatic rings. The third-order valence-electron chi connectivity index (χ3n) is 4.99. The summed E-state index contributed by atoms with van der Waals surface area (Å²) < 4.78 is 20.3. The first-order valence-electron chi connectivity index (χ1n) is 8.83. The number of fused-ring (bicyclic) bond motifs is 2. The molecular weight excluding hydrogens is 347 g/mol. The van der Waals surface area contributed by atoms with Gasteiger partial charge in [-0.1, -0.05) is 12.1 Å². The fourth-order valence-electron chi connectivity index (χ4n) is 3.59. The molecule has 2 aromatic carbocycles. The van der Waals surface area contributed by atoms with E-state index < -0.39 is 5.82 Å². The van der Waals surface area contributed by atoms with E-state index in [4.69, 9.17) is 4.42 Å². The van der Waals surface area contributed by atoms with Crippen molar-refractivity contribution < 1.29 is 18.4 Å². The number of halogens is 1. The van der Waals surface area contributed by atoms with E-state index in [2.05, 4.69) is 5.32 Å². The van der Waals surface area contributed by atoms with Crippen molar-refractivity contribution in [3.05, 3.63) is 53.3 Å². The predicted molar refractivity (Wildman–Crippen MR) is 102 cm³/mol. The number of furan rings is 1. The fraction of sp³-hybridized carbons (Fsp3) is 0.238. The molecule has 0 atom stereocenters. The standard InChI is InChI=1S/C21H19FN2O3/c1-23-21(26)19-14-10-13-16(24(2)9-5-8-17(13)25)11-18(14)27-20(19)12-6-3-4-7-15(12)22/h3-4,6-7,10-11H,5,8-9H2,1-2H3,(H,23,26). The summed E-state index contributed by atoms with van der Waals surface area (Å²) in [6, 6.07) is 9.63. The molecule has 0 fully saturated rings. The number of rotatable bonds is 2. The number of anilines is 1. The first kappa shape index (κ1) is 17.3. The number of amides is 1. The summed E-state index contributed by atoms with van der Waals surface area (Å²) in [6.07, 6.45) is 1.23. The van der Waals surface area contributed by atoms with Crippen LogP contribution in [0.15, 0.2) is 40.8 Å². The van der Waals surface area contributed by atoms with Crippen molar-refractivity contribution in [3.8, 4) is 11.3 Å². The van der Waals surface area contributed by atoms with Crippen molar-refractivity contribution >= 4 is 28.3 Å². The van der Waals surface area contributed by atoms with Crippen LogP contribution in [0.1, 0.15) is 33.6 Å². The van der Waals surface area contributed by atoms with Crippen LogP contribution < -0.4 is 10.2 Å². The Morgan fingerprint density at radius 1 is 1.22 bits per heavy atom. The predicted octanol–water partition coefficient (Wildman–Crippen LogP) is 4.01. The van der Waals surface area contributed by atoms with Gasteiger partial charge in [0.2, 0.25) is 0 Å². The molecule has 1 amide bonds. The highest BCUT2D eigenvalue weighted by atomic mass is 19.1. The van der Waals surface area contributed by atoms with Crippen LogP contribution in [0.5, 0.6) is 0 Å². The molecule has 0 spiro atoms. The van der Waals surface area contributed by atoms with Gasteiger partial charge in [-0.3, -0.25) is 9.59 Å². The monoisotopic (exact) mass is 366 g/mol. The molecule has 0 aliphatic carbocycles. The van der Waals surface area contributed by atoms with Gasteiger partial charge in [0.1, 0.15) is 11.4 Å². The molecule has 0 unspecified atom stereocenters. The summed E-state index contributed by atoms with van der Waals surface area (Å²) >= 11 is 0. The van der Waals surface area contributed by atoms with Crippen molar-refractivity contribution in [2.75, 3.05) is 25.5 Å².